The second-order valence-electron chi connectivity index (χ2n) is 4.44. The number of sulfonamides is 2. The molecule has 2 aromatic carbocycles. The summed E-state index contributed by atoms with van der Waals surface area (Å²) in [5.41, 5.74) is 6.35. The second kappa shape index (κ2) is 4.64. The molecule has 0 heterocycles. The number of rotatable bonds is 3. The topological polar surface area (TPSA) is 97.5 Å². The van der Waals surface area contributed by atoms with Crippen molar-refractivity contribution in [3.63, 3.8) is 0 Å². The van der Waals surface area contributed by atoms with Crippen molar-refractivity contribution in [2.24, 2.45) is 0 Å². The molecule has 0 spiro atoms. The van der Waals surface area contributed by atoms with Gasteiger partial charge in [0, 0.05) is 16.5 Å². The van der Waals surface area contributed by atoms with Crippen LogP contribution in [0.25, 0.3) is 10.8 Å². The molecule has 108 valence electrons. The van der Waals surface area contributed by atoms with Gasteiger partial charge in [-0.2, -0.15) is 3.71 Å². The van der Waals surface area contributed by atoms with Crippen molar-refractivity contribution < 1.29 is 16.8 Å². The summed E-state index contributed by atoms with van der Waals surface area (Å²) in [6, 6.07) is 9.64. The maximum Gasteiger partial charge on any atom is 0.245 e. The van der Waals surface area contributed by atoms with Crippen molar-refractivity contribution in [2.45, 2.75) is 0 Å². The van der Waals surface area contributed by atoms with Gasteiger partial charge < -0.3 is 5.73 Å². The Balaban J connectivity index is 2.90. The maximum absolute atomic E-state index is 11.8. The van der Waals surface area contributed by atoms with E-state index in [0.717, 1.165) is 12.5 Å². The molecule has 20 heavy (non-hydrogen) atoms. The zero-order valence-corrected chi connectivity index (χ0v) is 12.6. The van der Waals surface area contributed by atoms with Crippen LogP contribution in [0.1, 0.15) is 0 Å². The van der Waals surface area contributed by atoms with E-state index in [9.17, 15) is 16.8 Å². The number of nitrogens with two attached hydrogens (primary N) is 1. The van der Waals surface area contributed by atoms with Crippen molar-refractivity contribution >= 4 is 42.2 Å². The van der Waals surface area contributed by atoms with E-state index < -0.39 is 20.0 Å². The van der Waals surface area contributed by atoms with E-state index in [2.05, 4.69) is 0 Å². The molecule has 0 amide bonds. The van der Waals surface area contributed by atoms with Crippen LogP contribution in [0.4, 0.5) is 11.4 Å². The minimum absolute atomic E-state index is 0.0693. The Hall–Kier alpha value is -1.80. The fraction of sp³-hybridized carbons (Fsp3) is 0.167. The summed E-state index contributed by atoms with van der Waals surface area (Å²) in [4.78, 5) is 0. The first-order chi connectivity index (χ1) is 9.12. The third-order valence-corrected chi connectivity index (χ3v) is 5.95. The molecule has 0 unspecified atom stereocenters. The number of hydrogen-bond acceptors (Lipinski definition) is 5. The number of anilines is 2. The molecule has 0 aliphatic heterocycles. The van der Waals surface area contributed by atoms with E-state index in [1.54, 1.807) is 30.3 Å². The fourth-order valence-electron chi connectivity index (χ4n) is 2.08. The normalized spacial score (nSPS) is 12.5. The Labute approximate surface area is 117 Å². The smallest absolute Gasteiger partial charge is 0.245 e. The second-order valence-corrected chi connectivity index (χ2v) is 8.34. The Morgan fingerprint density at radius 1 is 0.850 bits per heavy atom. The summed E-state index contributed by atoms with van der Waals surface area (Å²) >= 11 is 0. The van der Waals surface area contributed by atoms with Gasteiger partial charge in [-0.05, 0) is 12.1 Å². The molecule has 2 aromatic rings. The Morgan fingerprint density at radius 3 is 1.90 bits per heavy atom. The third-order valence-electron chi connectivity index (χ3n) is 2.73. The van der Waals surface area contributed by atoms with Crippen molar-refractivity contribution in [3.8, 4) is 0 Å². The van der Waals surface area contributed by atoms with Crippen LogP contribution < -0.4 is 9.44 Å². The quantitative estimate of drug-likeness (QED) is 0.857. The van der Waals surface area contributed by atoms with Crippen LogP contribution in [0.2, 0.25) is 0 Å². The number of benzene rings is 2. The first-order valence-electron chi connectivity index (χ1n) is 5.60. The lowest BCUT2D eigenvalue weighted by Gasteiger charge is -2.21. The molecule has 0 atom stereocenters. The van der Waals surface area contributed by atoms with E-state index in [4.69, 9.17) is 5.73 Å². The number of fused-ring (bicyclic) bond motifs is 1. The minimum atomic E-state index is -3.98. The van der Waals surface area contributed by atoms with Crippen LogP contribution in [0.5, 0.6) is 0 Å². The molecule has 0 saturated heterocycles. The van der Waals surface area contributed by atoms with Gasteiger partial charge in [0.1, 0.15) is 0 Å². The monoisotopic (exact) mass is 314 g/mol. The summed E-state index contributed by atoms with van der Waals surface area (Å²) in [6.45, 7) is 0. The third kappa shape index (κ3) is 2.56. The van der Waals surface area contributed by atoms with E-state index in [0.29, 0.717) is 20.2 Å². The SMILES string of the molecule is CS(=O)(=O)N(c1cccc2c(N)cccc12)S(C)(=O)=O. The van der Waals surface area contributed by atoms with E-state index in [-0.39, 0.29) is 5.69 Å². The molecule has 0 aliphatic carbocycles. The molecule has 0 aromatic heterocycles. The standard InChI is InChI=1S/C12H14N2O4S2/c1-19(15,16)14(20(2,17)18)12-8-4-5-9-10(12)6-3-7-11(9)13/h3-8H,13H2,1-2H3. The van der Waals surface area contributed by atoms with Gasteiger partial charge in [0.15, 0.2) is 0 Å². The minimum Gasteiger partial charge on any atom is -0.398 e. The summed E-state index contributed by atoms with van der Waals surface area (Å²) in [7, 11) is -7.95. The van der Waals surface area contributed by atoms with E-state index in [1.165, 1.54) is 6.07 Å². The Kier molecular flexibility index (Phi) is 3.39. The summed E-state index contributed by atoms with van der Waals surface area (Å²) in [5.74, 6) is 0. The van der Waals surface area contributed by atoms with Gasteiger partial charge in [0.25, 0.3) is 0 Å². The molecule has 0 aliphatic rings. The molecule has 2 N–H and O–H groups in total. The molecule has 0 radical (unpaired) electrons. The van der Waals surface area contributed by atoms with Gasteiger partial charge in [-0.3, -0.25) is 0 Å². The van der Waals surface area contributed by atoms with Crippen LogP contribution in [0, 0.1) is 0 Å². The number of nitrogens with zero attached hydrogens (tertiary/aromatic N) is 1. The zero-order valence-electron chi connectivity index (χ0n) is 10.9. The van der Waals surface area contributed by atoms with Gasteiger partial charge in [0.2, 0.25) is 20.0 Å². The highest BCUT2D eigenvalue weighted by molar-refractivity contribution is 8.09. The fourth-order valence-corrected chi connectivity index (χ4v) is 5.08. The van der Waals surface area contributed by atoms with Crippen molar-refractivity contribution in [2.75, 3.05) is 22.0 Å². The number of nitrogen functional groups attached to an aromatic ring is 1. The largest absolute Gasteiger partial charge is 0.398 e. The van der Waals surface area contributed by atoms with E-state index >= 15 is 0 Å². The maximum atomic E-state index is 11.8. The highest BCUT2D eigenvalue weighted by Crippen LogP contribution is 2.32. The van der Waals surface area contributed by atoms with Crippen molar-refractivity contribution in [3.05, 3.63) is 36.4 Å². The molecular formula is C12H14N2O4S2. The average molecular weight is 314 g/mol. The molecular weight excluding hydrogens is 300 g/mol. The Bertz CT molecular complexity index is 841. The number of hydrogen-bond donors (Lipinski definition) is 1. The molecule has 0 bridgehead atoms. The van der Waals surface area contributed by atoms with Crippen LogP contribution in [0.3, 0.4) is 0 Å². The molecule has 0 saturated carbocycles. The van der Waals surface area contributed by atoms with Crippen molar-refractivity contribution in [1.29, 1.82) is 0 Å². The first-order valence-corrected chi connectivity index (χ1v) is 9.30. The summed E-state index contributed by atoms with van der Waals surface area (Å²) in [5, 5.41) is 1.06. The van der Waals surface area contributed by atoms with Gasteiger partial charge >= 0.3 is 0 Å². The van der Waals surface area contributed by atoms with Gasteiger partial charge in [-0.15, -0.1) is 0 Å². The average Bonchev–Trinajstić information content (AvgIpc) is 2.26. The highest BCUT2D eigenvalue weighted by Gasteiger charge is 2.28. The van der Waals surface area contributed by atoms with Crippen LogP contribution in [0.15, 0.2) is 36.4 Å². The van der Waals surface area contributed by atoms with Gasteiger partial charge in [-0.1, -0.05) is 24.3 Å². The molecule has 8 heteroatoms. The molecule has 2 rings (SSSR count). The highest BCUT2D eigenvalue weighted by atomic mass is 32.3. The van der Waals surface area contributed by atoms with Crippen LogP contribution in [-0.4, -0.2) is 29.3 Å². The van der Waals surface area contributed by atoms with E-state index in [1.807, 2.05) is 0 Å². The van der Waals surface area contributed by atoms with Crippen LogP contribution in [-0.2, 0) is 20.0 Å². The predicted molar refractivity (Wildman–Crippen MR) is 80.5 cm³/mol. The first kappa shape index (κ1) is 14.6. The molecule has 6 nitrogen and oxygen atoms in total. The predicted octanol–water partition coefficient (Wildman–Crippen LogP) is 1.15. The zero-order chi connectivity index (χ0) is 15.1. The summed E-state index contributed by atoms with van der Waals surface area (Å²) < 4.78 is 47.7. The van der Waals surface area contributed by atoms with Crippen molar-refractivity contribution in [1.82, 2.24) is 0 Å². The van der Waals surface area contributed by atoms with Gasteiger partial charge in [0.05, 0.1) is 18.2 Å². The summed E-state index contributed by atoms with van der Waals surface area (Å²) in [6.07, 6.45) is 1.69. The molecule has 0 fully saturated rings. The lowest BCUT2D eigenvalue weighted by atomic mass is 10.1. The van der Waals surface area contributed by atoms with Gasteiger partial charge in [-0.25, -0.2) is 16.8 Å². The lowest BCUT2D eigenvalue weighted by Crippen LogP contribution is -2.35. The lowest BCUT2D eigenvalue weighted by molar-refractivity contribution is 0.591. The Morgan fingerprint density at radius 2 is 1.35 bits per heavy atom. The van der Waals surface area contributed by atoms with Crippen LogP contribution >= 0.6 is 0 Å².